The van der Waals surface area contributed by atoms with Crippen molar-refractivity contribution in [2.45, 2.75) is 44.4 Å². The van der Waals surface area contributed by atoms with Crippen LogP contribution in [-0.4, -0.2) is 33.7 Å². The van der Waals surface area contributed by atoms with Crippen molar-refractivity contribution in [1.82, 2.24) is 15.1 Å². The summed E-state index contributed by atoms with van der Waals surface area (Å²) in [6, 6.07) is 14.9. The minimum absolute atomic E-state index is 0.0639. The third-order valence-electron chi connectivity index (χ3n) is 5.96. The van der Waals surface area contributed by atoms with Crippen LogP contribution in [0, 0.1) is 12.8 Å². The van der Waals surface area contributed by atoms with E-state index in [-0.39, 0.29) is 18.4 Å². The number of rotatable bonds is 6. The predicted octanol–water partition coefficient (Wildman–Crippen LogP) is 5.35. The fraction of sp³-hybridized carbons (Fsp3) is 0.375. The van der Waals surface area contributed by atoms with E-state index in [1.165, 1.54) is 0 Å². The zero-order valence-corrected chi connectivity index (χ0v) is 19.1. The monoisotopic (exact) mass is 471 g/mol. The highest BCUT2D eigenvalue weighted by Gasteiger charge is 2.46. The second kappa shape index (κ2) is 8.85. The van der Waals surface area contributed by atoms with Gasteiger partial charge in [0.2, 0.25) is 11.8 Å². The molecule has 2 heterocycles. The molecule has 1 aliphatic carbocycles. The molecule has 1 saturated carbocycles. The smallest absolute Gasteiger partial charge is 0.252 e. The summed E-state index contributed by atoms with van der Waals surface area (Å²) in [7, 11) is 0. The Hall–Kier alpha value is -2.41. The number of amides is 1. The Morgan fingerprint density at radius 2 is 1.81 bits per heavy atom. The zero-order valence-electron chi connectivity index (χ0n) is 17.6. The molecule has 1 amide bonds. The molecule has 0 N–H and O–H groups in total. The second-order valence-electron chi connectivity index (χ2n) is 8.45. The van der Waals surface area contributed by atoms with Crippen molar-refractivity contribution in [3.63, 3.8) is 0 Å². The van der Waals surface area contributed by atoms with Crippen LogP contribution in [0.4, 0.5) is 0 Å². The van der Waals surface area contributed by atoms with Crippen molar-refractivity contribution in [2.75, 3.05) is 6.54 Å². The molecule has 1 aromatic heterocycles. The van der Waals surface area contributed by atoms with Gasteiger partial charge in [0.05, 0.1) is 12.5 Å². The SMILES string of the molecule is Cc1nnc(C[C@@H]2O[C@@H](c3cccc(Cl)c3)[C@@H](c3ccc(Cl)cc3)N(CC3CC3)C2=O)o1. The number of ether oxygens (including phenoxy) is 1. The van der Waals surface area contributed by atoms with E-state index < -0.39 is 12.2 Å². The molecule has 3 atom stereocenters. The van der Waals surface area contributed by atoms with Crippen molar-refractivity contribution in [1.29, 1.82) is 0 Å². The van der Waals surface area contributed by atoms with Crippen molar-refractivity contribution >= 4 is 29.1 Å². The van der Waals surface area contributed by atoms with Crippen LogP contribution in [0.5, 0.6) is 0 Å². The minimum atomic E-state index is -0.721. The Labute approximate surface area is 196 Å². The number of hydrogen-bond acceptors (Lipinski definition) is 5. The number of hydrogen-bond donors (Lipinski definition) is 0. The zero-order chi connectivity index (χ0) is 22.2. The van der Waals surface area contributed by atoms with E-state index in [0.717, 1.165) is 24.0 Å². The Balaban J connectivity index is 1.56. The summed E-state index contributed by atoms with van der Waals surface area (Å²) in [6.07, 6.45) is 1.37. The molecule has 0 spiro atoms. The summed E-state index contributed by atoms with van der Waals surface area (Å²) in [5, 5.41) is 9.22. The van der Waals surface area contributed by atoms with Gasteiger partial charge in [-0.15, -0.1) is 10.2 Å². The molecule has 1 aliphatic heterocycles. The molecule has 2 aromatic carbocycles. The first-order chi connectivity index (χ1) is 15.5. The van der Waals surface area contributed by atoms with E-state index in [9.17, 15) is 4.79 Å². The first-order valence-electron chi connectivity index (χ1n) is 10.7. The topological polar surface area (TPSA) is 68.5 Å². The van der Waals surface area contributed by atoms with E-state index >= 15 is 0 Å². The van der Waals surface area contributed by atoms with E-state index in [0.29, 0.717) is 34.3 Å². The van der Waals surface area contributed by atoms with Crippen molar-refractivity contribution in [3.05, 3.63) is 81.5 Å². The predicted molar refractivity (Wildman–Crippen MR) is 120 cm³/mol. The average Bonchev–Trinajstić information content (AvgIpc) is 3.50. The van der Waals surface area contributed by atoms with Crippen molar-refractivity contribution in [3.8, 4) is 0 Å². The van der Waals surface area contributed by atoms with Gasteiger partial charge in [0.1, 0.15) is 12.2 Å². The summed E-state index contributed by atoms with van der Waals surface area (Å²) in [5.74, 6) is 1.30. The van der Waals surface area contributed by atoms with E-state index in [1.807, 2.05) is 53.4 Å². The van der Waals surface area contributed by atoms with Gasteiger partial charge in [0.25, 0.3) is 5.91 Å². The van der Waals surface area contributed by atoms with Gasteiger partial charge in [-0.05, 0) is 54.2 Å². The largest absolute Gasteiger partial charge is 0.425 e. The molecule has 0 unspecified atom stereocenters. The number of aryl methyl sites for hydroxylation is 1. The minimum Gasteiger partial charge on any atom is -0.425 e. The van der Waals surface area contributed by atoms with Crippen LogP contribution in [-0.2, 0) is 16.0 Å². The van der Waals surface area contributed by atoms with E-state index in [1.54, 1.807) is 6.92 Å². The van der Waals surface area contributed by atoms with Gasteiger partial charge in [-0.25, -0.2) is 0 Å². The van der Waals surface area contributed by atoms with Crippen LogP contribution in [0.1, 0.15) is 47.9 Å². The number of nitrogens with zero attached hydrogens (tertiary/aromatic N) is 3. The number of morpholine rings is 1. The highest BCUT2D eigenvalue weighted by molar-refractivity contribution is 6.30. The molecule has 2 aliphatic rings. The lowest BCUT2D eigenvalue weighted by molar-refractivity contribution is -0.175. The first-order valence-corrected chi connectivity index (χ1v) is 11.5. The molecule has 5 rings (SSSR count). The van der Waals surface area contributed by atoms with Gasteiger partial charge in [-0.1, -0.05) is 47.5 Å². The number of carbonyl (C=O) groups is 1. The average molecular weight is 472 g/mol. The van der Waals surface area contributed by atoms with Gasteiger partial charge in [-0.3, -0.25) is 4.79 Å². The standard InChI is InChI=1S/C24H23Cl2N3O3/c1-14-27-28-21(31-14)12-20-24(30)29(13-15-5-6-15)22(16-7-9-18(25)10-8-16)23(32-20)17-3-2-4-19(26)11-17/h2-4,7-11,15,20,22-23H,5-6,12-13H2,1H3/t20-,22+,23-/m0/s1. The molecule has 32 heavy (non-hydrogen) atoms. The summed E-state index contributed by atoms with van der Waals surface area (Å²) >= 11 is 12.5. The van der Waals surface area contributed by atoms with Gasteiger partial charge >= 0.3 is 0 Å². The lowest BCUT2D eigenvalue weighted by atomic mass is 9.91. The van der Waals surface area contributed by atoms with Gasteiger partial charge in [0, 0.05) is 23.5 Å². The lowest BCUT2D eigenvalue weighted by Crippen LogP contribution is -2.52. The van der Waals surface area contributed by atoms with Crippen molar-refractivity contribution < 1.29 is 13.9 Å². The summed E-state index contributed by atoms with van der Waals surface area (Å²) in [6.45, 7) is 2.41. The Bertz CT molecular complexity index is 1110. The van der Waals surface area contributed by atoms with Crippen LogP contribution in [0.2, 0.25) is 10.0 Å². The van der Waals surface area contributed by atoms with Crippen LogP contribution in [0.3, 0.4) is 0 Å². The van der Waals surface area contributed by atoms with Gasteiger partial charge in [-0.2, -0.15) is 0 Å². The molecule has 166 valence electrons. The molecule has 0 radical (unpaired) electrons. The Morgan fingerprint density at radius 1 is 1.03 bits per heavy atom. The fourth-order valence-electron chi connectivity index (χ4n) is 4.25. The molecule has 6 nitrogen and oxygen atoms in total. The molecule has 3 aromatic rings. The molecule has 2 fully saturated rings. The maximum absolute atomic E-state index is 13.7. The van der Waals surface area contributed by atoms with Gasteiger partial charge in [0.15, 0.2) is 0 Å². The number of benzene rings is 2. The molecule has 1 saturated heterocycles. The second-order valence-corrected chi connectivity index (χ2v) is 9.32. The van der Waals surface area contributed by atoms with E-state index in [4.69, 9.17) is 32.4 Å². The quantitative estimate of drug-likeness (QED) is 0.484. The number of aromatic nitrogens is 2. The van der Waals surface area contributed by atoms with Crippen molar-refractivity contribution in [2.24, 2.45) is 5.92 Å². The summed E-state index contributed by atoms with van der Waals surface area (Å²) < 4.78 is 12.0. The molecule has 0 bridgehead atoms. The summed E-state index contributed by atoms with van der Waals surface area (Å²) in [4.78, 5) is 15.6. The fourth-order valence-corrected chi connectivity index (χ4v) is 4.58. The number of halogens is 2. The lowest BCUT2D eigenvalue weighted by Gasteiger charge is -2.45. The van der Waals surface area contributed by atoms with E-state index in [2.05, 4.69) is 10.2 Å². The third kappa shape index (κ3) is 4.53. The maximum Gasteiger partial charge on any atom is 0.252 e. The molecular weight excluding hydrogens is 449 g/mol. The Kier molecular flexibility index (Phi) is 5.93. The normalized spacial score (nSPS) is 23.5. The molecular formula is C24H23Cl2N3O3. The molecule has 8 heteroatoms. The number of carbonyl (C=O) groups excluding carboxylic acids is 1. The summed E-state index contributed by atoms with van der Waals surface area (Å²) in [5.41, 5.74) is 1.89. The third-order valence-corrected chi connectivity index (χ3v) is 6.45. The van der Waals surface area contributed by atoms with Crippen LogP contribution in [0.25, 0.3) is 0 Å². The highest BCUT2D eigenvalue weighted by Crippen LogP contribution is 2.45. The van der Waals surface area contributed by atoms with Crippen LogP contribution in [0.15, 0.2) is 52.9 Å². The Morgan fingerprint density at radius 3 is 2.47 bits per heavy atom. The van der Waals surface area contributed by atoms with Crippen LogP contribution >= 0.6 is 23.2 Å². The van der Waals surface area contributed by atoms with Gasteiger partial charge < -0.3 is 14.1 Å². The highest BCUT2D eigenvalue weighted by atomic mass is 35.5. The van der Waals surface area contributed by atoms with Crippen LogP contribution < -0.4 is 0 Å². The maximum atomic E-state index is 13.7. The first kappa shape index (κ1) is 21.4.